The van der Waals surface area contributed by atoms with Crippen LogP contribution >= 0.6 is 0 Å². The van der Waals surface area contributed by atoms with Crippen LogP contribution < -0.4 is 5.32 Å². The average molecular weight is 579 g/mol. The van der Waals surface area contributed by atoms with Crippen molar-refractivity contribution in [2.75, 3.05) is 0 Å². The van der Waals surface area contributed by atoms with E-state index >= 15 is 0 Å². The second kappa shape index (κ2) is 10.3. The van der Waals surface area contributed by atoms with Gasteiger partial charge in [0.1, 0.15) is 17.6 Å². The summed E-state index contributed by atoms with van der Waals surface area (Å²) in [6, 6.07) is 46.4. The Hall–Kier alpha value is -6.07. The molecule has 1 aliphatic heterocycles. The topological polar surface area (TPSA) is 62.8 Å². The van der Waals surface area contributed by atoms with Crippen molar-refractivity contribution in [3.8, 4) is 11.1 Å². The lowest BCUT2D eigenvalue weighted by Crippen LogP contribution is -2.33. The summed E-state index contributed by atoms with van der Waals surface area (Å²) >= 11 is 0. The maximum Gasteiger partial charge on any atom is 0.159 e. The standard InChI is InChI=1S/C40H26N4O/c1-2-10-27(11-3-1)38-42-39(28-19-17-26(18-20-28)32-16-8-14-25-9-6-7-15-31(25)32)44-40(43-38)34-23-41-24-36-37(34)33-21-29-12-4-5-13-30(29)22-35(33)45-36/h1-24,39H,(H,42,43,44). The van der Waals surface area contributed by atoms with Gasteiger partial charge in [0.2, 0.25) is 0 Å². The largest absolute Gasteiger partial charge is 0.454 e. The zero-order valence-corrected chi connectivity index (χ0v) is 24.2. The van der Waals surface area contributed by atoms with Crippen molar-refractivity contribution in [2.24, 2.45) is 9.98 Å². The number of rotatable bonds is 4. The number of nitrogens with one attached hydrogen (secondary N) is 1. The van der Waals surface area contributed by atoms with Crippen LogP contribution in [0.5, 0.6) is 0 Å². The summed E-state index contributed by atoms with van der Waals surface area (Å²) in [7, 11) is 0. The summed E-state index contributed by atoms with van der Waals surface area (Å²) < 4.78 is 6.33. The Bertz CT molecular complexity index is 2450. The molecule has 212 valence electrons. The molecule has 0 saturated heterocycles. The lowest BCUT2D eigenvalue weighted by molar-refractivity contribution is 0.666. The number of amidine groups is 2. The summed E-state index contributed by atoms with van der Waals surface area (Å²) in [5, 5.41) is 10.4. The second-order valence-corrected chi connectivity index (χ2v) is 11.3. The average Bonchev–Trinajstić information content (AvgIpc) is 3.48. The van der Waals surface area contributed by atoms with E-state index in [0.717, 1.165) is 49.4 Å². The molecule has 0 amide bonds. The number of aliphatic imine (C=N–C) groups is 2. The van der Waals surface area contributed by atoms with Crippen LogP contribution in [0.1, 0.15) is 22.9 Å². The molecule has 2 aromatic heterocycles. The van der Waals surface area contributed by atoms with Crippen LogP contribution in [-0.4, -0.2) is 16.7 Å². The highest BCUT2D eigenvalue weighted by atomic mass is 16.3. The van der Waals surface area contributed by atoms with Crippen LogP contribution in [0, 0.1) is 0 Å². The fourth-order valence-corrected chi connectivity index (χ4v) is 6.39. The Morgan fingerprint density at radius 2 is 1.29 bits per heavy atom. The Balaban J connectivity index is 1.16. The molecule has 9 rings (SSSR count). The molecule has 1 N–H and O–H groups in total. The molecule has 0 spiro atoms. The smallest absolute Gasteiger partial charge is 0.159 e. The van der Waals surface area contributed by atoms with Gasteiger partial charge in [0.05, 0.1) is 6.20 Å². The highest BCUT2D eigenvalue weighted by molar-refractivity contribution is 6.22. The van der Waals surface area contributed by atoms with E-state index in [-0.39, 0.29) is 6.17 Å². The third-order valence-corrected chi connectivity index (χ3v) is 8.61. The number of hydrogen-bond donors (Lipinski definition) is 1. The molecule has 0 radical (unpaired) electrons. The molecule has 5 nitrogen and oxygen atoms in total. The lowest BCUT2D eigenvalue weighted by Gasteiger charge is -2.24. The van der Waals surface area contributed by atoms with Crippen molar-refractivity contribution >= 4 is 55.2 Å². The first-order valence-corrected chi connectivity index (χ1v) is 15.0. The molecule has 0 aliphatic carbocycles. The monoisotopic (exact) mass is 578 g/mol. The van der Waals surface area contributed by atoms with Crippen LogP contribution in [0.25, 0.3) is 54.6 Å². The van der Waals surface area contributed by atoms with Gasteiger partial charge in [-0.1, -0.05) is 121 Å². The maximum atomic E-state index is 6.33. The maximum absolute atomic E-state index is 6.33. The molecular weight excluding hydrogens is 552 g/mol. The van der Waals surface area contributed by atoms with E-state index in [4.69, 9.17) is 14.4 Å². The first kappa shape index (κ1) is 25.4. The first-order valence-electron chi connectivity index (χ1n) is 15.0. The SMILES string of the molecule is c1ccc(C2=NC(c3ccc(-c4cccc5ccccc45)cc3)NC(c3cncc4oc5cc6ccccc6cc5c34)=N2)cc1. The number of benzene rings is 6. The van der Waals surface area contributed by atoms with E-state index in [2.05, 4.69) is 107 Å². The van der Waals surface area contributed by atoms with E-state index in [1.165, 1.54) is 21.9 Å². The van der Waals surface area contributed by atoms with Gasteiger partial charge in [-0.05, 0) is 50.4 Å². The lowest BCUT2D eigenvalue weighted by atomic mass is 9.97. The Morgan fingerprint density at radius 1 is 0.556 bits per heavy atom. The summed E-state index contributed by atoms with van der Waals surface area (Å²) in [5.74, 6) is 1.38. The molecule has 0 fully saturated rings. The van der Waals surface area contributed by atoms with Crippen LogP contribution in [0.2, 0.25) is 0 Å². The van der Waals surface area contributed by atoms with E-state index in [1.807, 2.05) is 42.6 Å². The van der Waals surface area contributed by atoms with Gasteiger partial charge < -0.3 is 9.73 Å². The number of aromatic nitrogens is 1. The number of furan rings is 1. The Kier molecular flexibility index (Phi) is 5.81. The summed E-state index contributed by atoms with van der Waals surface area (Å²) in [4.78, 5) is 14.7. The zero-order chi connectivity index (χ0) is 29.7. The van der Waals surface area contributed by atoms with Gasteiger partial charge in [0, 0.05) is 28.1 Å². The normalized spacial score (nSPS) is 14.9. The van der Waals surface area contributed by atoms with Gasteiger partial charge in [-0.15, -0.1) is 0 Å². The van der Waals surface area contributed by atoms with Crippen LogP contribution in [-0.2, 0) is 0 Å². The Morgan fingerprint density at radius 3 is 2.13 bits per heavy atom. The number of hydrogen-bond acceptors (Lipinski definition) is 5. The molecule has 45 heavy (non-hydrogen) atoms. The highest BCUT2D eigenvalue weighted by Gasteiger charge is 2.24. The minimum atomic E-state index is -0.344. The number of pyridine rings is 1. The molecule has 1 aliphatic rings. The highest BCUT2D eigenvalue weighted by Crippen LogP contribution is 2.35. The van der Waals surface area contributed by atoms with Crippen molar-refractivity contribution in [3.05, 3.63) is 163 Å². The molecule has 5 heteroatoms. The van der Waals surface area contributed by atoms with E-state index < -0.39 is 0 Å². The summed E-state index contributed by atoms with van der Waals surface area (Å²) in [5.41, 5.74) is 6.80. The van der Waals surface area contributed by atoms with Gasteiger partial charge in [-0.25, -0.2) is 9.98 Å². The molecule has 0 bridgehead atoms. The van der Waals surface area contributed by atoms with Crippen LogP contribution in [0.3, 0.4) is 0 Å². The third-order valence-electron chi connectivity index (χ3n) is 8.61. The van der Waals surface area contributed by atoms with E-state index in [0.29, 0.717) is 11.7 Å². The quantitative estimate of drug-likeness (QED) is 0.226. The third kappa shape index (κ3) is 4.36. The molecular formula is C40H26N4O. The molecule has 6 aromatic carbocycles. The Labute approximate surface area is 259 Å². The van der Waals surface area contributed by atoms with Gasteiger partial charge in [0.15, 0.2) is 11.4 Å². The predicted octanol–water partition coefficient (Wildman–Crippen LogP) is 9.45. The van der Waals surface area contributed by atoms with Gasteiger partial charge >= 0.3 is 0 Å². The van der Waals surface area contributed by atoms with Crippen LogP contribution in [0.15, 0.2) is 160 Å². The molecule has 0 saturated carbocycles. The zero-order valence-electron chi connectivity index (χ0n) is 24.2. The minimum absolute atomic E-state index is 0.344. The fraction of sp³-hybridized carbons (Fsp3) is 0.0250. The van der Waals surface area contributed by atoms with Crippen LogP contribution in [0.4, 0.5) is 0 Å². The molecule has 1 atom stereocenters. The molecule has 3 heterocycles. The van der Waals surface area contributed by atoms with Gasteiger partial charge in [-0.3, -0.25) is 4.98 Å². The van der Waals surface area contributed by atoms with Gasteiger partial charge in [0.25, 0.3) is 0 Å². The second-order valence-electron chi connectivity index (χ2n) is 11.3. The molecule has 8 aromatic rings. The van der Waals surface area contributed by atoms with Crippen molar-refractivity contribution in [2.45, 2.75) is 6.17 Å². The number of fused-ring (bicyclic) bond motifs is 5. The minimum Gasteiger partial charge on any atom is -0.454 e. The first-order chi connectivity index (χ1) is 22.3. The predicted molar refractivity (Wildman–Crippen MR) is 184 cm³/mol. The van der Waals surface area contributed by atoms with Crippen molar-refractivity contribution in [1.82, 2.24) is 10.3 Å². The fourth-order valence-electron chi connectivity index (χ4n) is 6.39. The van der Waals surface area contributed by atoms with Crippen molar-refractivity contribution in [1.29, 1.82) is 0 Å². The van der Waals surface area contributed by atoms with Crippen molar-refractivity contribution < 1.29 is 4.42 Å². The number of nitrogens with zero attached hydrogens (tertiary/aromatic N) is 3. The summed E-state index contributed by atoms with van der Waals surface area (Å²) in [6.45, 7) is 0. The van der Waals surface area contributed by atoms with E-state index in [1.54, 1.807) is 6.20 Å². The summed E-state index contributed by atoms with van der Waals surface area (Å²) in [6.07, 6.45) is 3.30. The van der Waals surface area contributed by atoms with Crippen molar-refractivity contribution in [3.63, 3.8) is 0 Å². The molecule has 1 unspecified atom stereocenters. The van der Waals surface area contributed by atoms with Gasteiger partial charge in [-0.2, -0.15) is 0 Å². The van der Waals surface area contributed by atoms with E-state index in [9.17, 15) is 0 Å².